The standard InChI is InChI=1S/C31H53N3O5/c1-10-11-12-18-32-28(36)27(24-14-13-15-25(35)20-24)34(23(6)17-16-21(2)3)29(37)26(19-22(4)5)33-30(38)39-31(7,8)9/h13-15,20-23,26-27,35H,10-12,16-19H2,1-9H3,(H,32,36)(H,33,38). The zero-order chi connectivity index (χ0) is 29.8. The Labute approximate surface area is 236 Å². The van der Waals surface area contributed by atoms with Crippen molar-refractivity contribution in [3.63, 3.8) is 0 Å². The SMILES string of the molecule is CCCCCNC(=O)C(c1cccc(O)c1)N(C(=O)C(CC(C)C)NC(=O)OC(C)(C)C)C(C)CCC(C)C. The first-order valence-electron chi connectivity index (χ1n) is 14.5. The van der Waals surface area contributed by atoms with Gasteiger partial charge in [-0.1, -0.05) is 59.6 Å². The van der Waals surface area contributed by atoms with Gasteiger partial charge >= 0.3 is 6.09 Å². The van der Waals surface area contributed by atoms with Crippen LogP contribution in [0.4, 0.5) is 4.79 Å². The number of carbonyl (C=O) groups is 3. The molecule has 3 amide bonds. The van der Waals surface area contributed by atoms with Crippen LogP contribution in [0, 0.1) is 11.8 Å². The molecule has 0 aromatic heterocycles. The van der Waals surface area contributed by atoms with Gasteiger partial charge in [-0.3, -0.25) is 9.59 Å². The molecule has 0 fully saturated rings. The molecule has 1 rings (SSSR count). The highest BCUT2D eigenvalue weighted by Crippen LogP contribution is 2.30. The molecule has 1 aromatic rings. The van der Waals surface area contributed by atoms with E-state index in [2.05, 4.69) is 31.4 Å². The number of unbranched alkanes of at least 4 members (excludes halogenated alkanes) is 2. The van der Waals surface area contributed by atoms with Crippen molar-refractivity contribution in [1.82, 2.24) is 15.5 Å². The van der Waals surface area contributed by atoms with Crippen LogP contribution >= 0.6 is 0 Å². The number of benzene rings is 1. The molecule has 0 aliphatic rings. The van der Waals surface area contributed by atoms with E-state index in [0.29, 0.717) is 30.9 Å². The number of nitrogens with one attached hydrogen (secondary N) is 2. The van der Waals surface area contributed by atoms with Crippen LogP contribution in [-0.2, 0) is 14.3 Å². The number of nitrogens with zero attached hydrogens (tertiary/aromatic N) is 1. The zero-order valence-corrected chi connectivity index (χ0v) is 25.7. The van der Waals surface area contributed by atoms with Crippen molar-refractivity contribution in [2.45, 2.75) is 125 Å². The third-order valence-corrected chi connectivity index (χ3v) is 6.38. The van der Waals surface area contributed by atoms with E-state index in [1.807, 2.05) is 20.8 Å². The summed E-state index contributed by atoms with van der Waals surface area (Å²) in [6, 6.07) is 4.35. The van der Waals surface area contributed by atoms with Crippen LogP contribution in [0.3, 0.4) is 0 Å². The Bertz CT molecular complexity index is 910. The first kappa shape index (κ1) is 34.3. The van der Waals surface area contributed by atoms with Crippen molar-refractivity contribution in [1.29, 1.82) is 0 Å². The van der Waals surface area contributed by atoms with E-state index < -0.39 is 23.8 Å². The number of hydrogen-bond acceptors (Lipinski definition) is 5. The fourth-order valence-electron chi connectivity index (χ4n) is 4.45. The summed E-state index contributed by atoms with van der Waals surface area (Å²) in [6.07, 6.45) is 4.11. The molecule has 3 atom stereocenters. The van der Waals surface area contributed by atoms with Gasteiger partial charge in [-0.25, -0.2) is 4.79 Å². The van der Waals surface area contributed by atoms with Crippen molar-refractivity contribution in [3.8, 4) is 5.75 Å². The van der Waals surface area contributed by atoms with Crippen molar-refractivity contribution in [2.24, 2.45) is 11.8 Å². The van der Waals surface area contributed by atoms with Gasteiger partial charge in [0, 0.05) is 12.6 Å². The van der Waals surface area contributed by atoms with E-state index in [0.717, 1.165) is 25.7 Å². The summed E-state index contributed by atoms with van der Waals surface area (Å²) in [4.78, 5) is 42.5. The molecule has 8 nitrogen and oxygen atoms in total. The maximum atomic E-state index is 14.4. The topological polar surface area (TPSA) is 108 Å². The molecule has 0 aliphatic heterocycles. The molecule has 0 bridgehead atoms. The summed E-state index contributed by atoms with van der Waals surface area (Å²) in [5.74, 6) is -0.115. The quantitative estimate of drug-likeness (QED) is 0.222. The molecule has 0 saturated carbocycles. The first-order chi connectivity index (χ1) is 18.2. The molecular formula is C31H53N3O5. The van der Waals surface area contributed by atoms with Crippen LogP contribution in [0.2, 0.25) is 0 Å². The van der Waals surface area contributed by atoms with Crippen molar-refractivity contribution >= 4 is 17.9 Å². The van der Waals surface area contributed by atoms with Crippen LogP contribution in [0.15, 0.2) is 24.3 Å². The van der Waals surface area contributed by atoms with E-state index in [-0.39, 0.29) is 29.5 Å². The molecule has 8 heteroatoms. The minimum absolute atomic E-state index is 0.0177. The molecule has 39 heavy (non-hydrogen) atoms. The fraction of sp³-hybridized carbons (Fsp3) is 0.710. The summed E-state index contributed by atoms with van der Waals surface area (Å²) in [6.45, 7) is 18.1. The summed E-state index contributed by atoms with van der Waals surface area (Å²) in [5, 5.41) is 16.1. The number of carbonyl (C=O) groups excluding carboxylic acids is 3. The number of phenolic OH excluding ortho intramolecular Hbond substituents is 1. The fourth-order valence-corrected chi connectivity index (χ4v) is 4.45. The maximum Gasteiger partial charge on any atom is 0.408 e. The Morgan fingerprint density at radius 1 is 1.00 bits per heavy atom. The zero-order valence-electron chi connectivity index (χ0n) is 25.7. The lowest BCUT2D eigenvalue weighted by atomic mass is 9.95. The third kappa shape index (κ3) is 12.8. The summed E-state index contributed by atoms with van der Waals surface area (Å²) >= 11 is 0. The lowest BCUT2D eigenvalue weighted by molar-refractivity contribution is -0.145. The molecular weight excluding hydrogens is 494 g/mol. The van der Waals surface area contributed by atoms with E-state index in [9.17, 15) is 19.5 Å². The van der Waals surface area contributed by atoms with Gasteiger partial charge in [0.2, 0.25) is 11.8 Å². The average molecular weight is 548 g/mol. The van der Waals surface area contributed by atoms with Crippen molar-refractivity contribution < 1.29 is 24.2 Å². The minimum atomic E-state index is -0.969. The number of aromatic hydroxyl groups is 1. The number of hydrogen-bond donors (Lipinski definition) is 3. The highest BCUT2D eigenvalue weighted by molar-refractivity contribution is 5.92. The molecule has 0 aliphatic carbocycles. The van der Waals surface area contributed by atoms with Gasteiger partial charge in [-0.2, -0.15) is 0 Å². The third-order valence-electron chi connectivity index (χ3n) is 6.38. The summed E-state index contributed by atoms with van der Waals surface area (Å²) in [7, 11) is 0. The van der Waals surface area contributed by atoms with Crippen LogP contribution in [0.5, 0.6) is 5.75 Å². The van der Waals surface area contributed by atoms with Crippen molar-refractivity contribution in [2.75, 3.05) is 6.54 Å². The summed E-state index contributed by atoms with van der Waals surface area (Å²) < 4.78 is 5.47. The van der Waals surface area contributed by atoms with Crippen molar-refractivity contribution in [3.05, 3.63) is 29.8 Å². The normalized spacial score (nSPS) is 14.0. The van der Waals surface area contributed by atoms with Gasteiger partial charge in [0.15, 0.2) is 0 Å². The van der Waals surface area contributed by atoms with Gasteiger partial charge in [-0.15, -0.1) is 0 Å². The Morgan fingerprint density at radius 3 is 2.21 bits per heavy atom. The molecule has 0 spiro atoms. The molecule has 0 radical (unpaired) electrons. The average Bonchev–Trinajstić information content (AvgIpc) is 2.81. The second-order valence-electron chi connectivity index (χ2n) is 12.4. The maximum absolute atomic E-state index is 14.4. The number of alkyl carbamates (subject to hydrolysis) is 1. The van der Waals surface area contributed by atoms with Gasteiger partial charge in [0.1, 0.15) is 23.4 Å². The lowest BCUT2D eigenvalue weighted by Gasteiger charge is -2.39. The molecule has 0 saturated heterocycles. The Balaban J connectivity index is 3.56. The molecule has 1 aromatic carbocycles. The molecule has 3 unspecified atom stereocenters. The van der Waals surface area contributed by atoms with Gasteiger partial charge in [-0.05, 0) is 82.9 Å². The Morgan fingerprint density at radius 2 is 1.67 bits per heavy atom. The van der Waals surface area contributed by atoms with E-state index in [4.69, 9.17) is 4.74 Å². The van der Waals surface area contributed by atoms with Crippen LogP contribution in [-0.4, -0.2) is 52.1 Å². The lowest BCUT2D eigenvalue weighted by Crippen LogP contribution is -2.56. The predicted molar refractivity (Wildman–Crippen MR) is 156 cm³/mol. The highest BCUT2D eigenvalue weighted by atomic mass is 16.6. The molecule has 222 valence electrons. The largest absolute Gasteiger partial charge is 0.508 e. The second kappa shape index (κ2) is 16.4. The van der Waals surface area contributed by atoms with Gasteiger partial charge in [0.05, 0.1) is 0 Å². The smallest absolute Gasteiger partial charge is 0.408 e. The highest BCUT2D eigenvalue weighted by Gasteiger charge is 2.39. The molecule has 3 N–H and O–H groups in total. The number of ether oxygens (including phenoxy) is 1. The van der Waals surface area contributed by atoms with E-state index in [1.54, 1.807) is 43.9 Å². The number of rotatable bonds is 15. The van der Waals surface area contributed by atoms with E-state index >= 15 is 0 Å². The van der Waals surface area contributed by atoms with Crippen LogP contribution in [0.1, 0.15) is 112 Å². The Kier molecular flexibility index (Phi) is 14.4. The van der Waals surface area contributed by atoms with Crippen LogP contribution in [0.25, 0.3) is 0 Å². The first-order valence-corrected chi connectivity index (χ1v) is 14.5. The number of amides is 3. The van der Waals surface area contributed by atoms with Gasteiger partial charge in [0.25, 0.3) is 0 Å². The monoisotopic (exact) mass is 547 g/mol. The number of phenols is 1. The Hall–Kier alpha value is -2.77. The minimum Gasteiger partial charge on any atom is -0.508 e. The second-order valence-corrected chi connectivity index (χ2v) is 12.4. The van der Waals surface area contributed by atoms with Crippen LogP contribution < -0.4 is 10.6 Å². The molecule has 0 heterocycles. The summed E-state index contributed by atoms with van der Waals surface area (Å²) in [5.41, 5.74) is -0.198. The van der Waals surface area contributed by atoms with E-state index in [1.165, 1.54) is 6.07 Å². The predicted octanol–water partition coefficient (Wildman–Crippen LogP) is 6.33. The van der Waals surface area contributed by atoms with Gasteiger partial charge < -0.3 is 25.4 Å².